The molecule has 23 heavy (non-hydrogen) atoms. The summed E-state index contributed by atoms with van der Waals surface area (Å²) in [6, 6.07) is 5.28. The molecule has 1 saturated carbocycles. The average Bonchev–Trinajstić information content (AvgIpc) is 3.02. The van der Waals surface area contributed by atoms with Crippen molar-refractivity contribution >= 4 is 5.91 Å². The minimum absolute atomic E-state index is 0.260. The summed E-state index contributed by atoms with van der Waals surface area (Å²) in [6.45, 7) is 0.281. The van der Waals surface area contributed by atoms with Gasteiger partial charge in [0, 0.05) is 18.9 Å². The van der Waals surface area contributed by atoms with Crippen molar-refractivity contribution < 1.29 is 9.90 Å². The topological polar surface area (TPSA) is 80.0 Å². The van der Waals surface area contributed by atoms with Gasteiger partial charge in [0.2, 0.25) is 0 Å². The molecule has 0 aliphatic heterocycles. The second-order valence-corrected chi connectivity index (χ2v) is 6.17. The van der Waals surface area contributed by atoms with Crippen LogP contribution in [0.5, 0.6) is 0 Å². The van der Waals surface area contributed by atoms with E-state index in [0.717, 1.165) is 38.5 Å². The maximum absolute atomic E-state index is 12.3. The summed E-state index contributed by atoms with van der Waals surface area (Å²) in [7, 11) is 0. The van der Waals surface area contributed by atoms with Crippen molar-refractivity contribution in [1.82, 2.24) is 19.9 Å². The number of imidazole rings is 1. The Hall–Kier alpha value is -2.21. The first kappa shape index (κ1) is 15.7. The Morgan fingerprint density at radius 3 is 2.74 bits per heavy atom. The molecule has 1 aliphatic rings. The van der Waals surface area contributed by atoms with Crippen LogP contribution in [-0.4, -0.2) is 37.7 Å². The third-order valence-corrected chi connectivity index (χ3v) is 4.35. The van der Waals surface area contributed by atoms with Crippen molar-refractivity contribution in [2.45, 2.75) is 44.1 Å². The summed E-state index contributed by atoms with van der Waals surface area (Å²) in [5.41, 5.74) is -0.442. The Morgan fingerprint density at radius 2 is 2.04 bits per heavy atom. The molecule has 0 aromatic carbocycles. The summed E-state index contributed by atoms with van der Waals surface area (Å²) in [6.07, 6.45) is 10.9. The second kappa shape index (κ2) is 6.91. The maximum atomic E-state index is 12.3. The lowest BCUT2D eigenvalue weighted by atomic mass is 9.94. The fourth-order valence-corrected chi connectivity index (χ4v) is 2.99. The number of hydrogen-bond acceptors (Lipinski definition) is 4. The van der Waals surface area contributed by atoms with Gasteiger partial charge in [-0.3, -0.25) is 9.36 Å². The predicted octanol–water partition coefficient (Wildman–Crippen LogP) is 2.08. The van der Waals surface area contributed by atoms with Gasteiger partial charge in [-0.15, -0.1) is 0 Å². The molecule has 0 radical (unpaired) electrons. The number of nitrogens with zero attached hydrogens (tertiary/aromatic N) is 3. The first-order valence-electron chi connectivity index (χ1n) is 8.12. The van der Waals surface area contributed by atoms with Gasteiger partial charge >= 0.3 is 0 Å². The van der Waals surface area contributed by atoms with E-state index in [1.165, 1.54) is 0 Å². The molecule has 3 rings (SSSR count). The standard InChI is InChI=1S/C17H22N4O2/c22-16(19-12-17(23)8-3-1-2-4-9-17)14-6-5-7-15(20-14)21-11-10-18-13-21/h5-7,10-11,13,23H,1-4,8-9,12H2,(H,19,22). The number of amides is 1. The quantitative estimate of drug-likeness (QED) is 0.847. The van der Waals surface area contributed by atoms with E-state index >= 15 is 0 Å². The van der Waals surface area contributed by atoms with Gasteiger partial charge in [0.1, 0.15) is 17.8 Å². The molecule has 2 aromatic heterocycles. The Balaban J connectivity index is 1.65. The minimum atomic E-state index is -0.784. The van der Waals surface area contributed by atoms with E-state index in [4.69, 9.17) is 0 Å². The van der Waals surface area contributed by atoms with Gasteiger partial charge in [-0.05, 0) is 25.0 Å². The molecule has 0 bridgehead atoms. The van der Waals surface area contributed by atoms with Crippen molar-refractivity contribution in [3.63, 3.8) is 0 Å². The number of rotatable bonds is 4. The summed E-state index contributed by atoms with van der Waals surface area (Å²) in [5.74, 6) is 0.382. The van der Waals surface area contributed by atoms with E-state index in [1.807, 2.05) is 6.07 Å². The fourth-order valence-electron chi connectivity index (χ4n) is 2.99. The molecule has 122 valence electrons. The molecule has 1 fully saturated rings. The van der Waals surface area contributed by atoms with Crippen molar-refractivity contribution in [1.29, 1.82) is 0 Å². The zero-order valence-corrected chi connectivity index (χ0v) is 13.1. The summed E-state index contributed by atoms with van der Waals surface area (Å²) in [4.78, 5) is 20.7. The van der Waals surface area contributed by atoms with Crippen LogP contribution in [0.2, 0.25) is 0 Å². The second-order valence-electron chi connectivity index (χ2n) is 6.17. The van der Waals surface area contributed by atoms with Crippen molar-refractivity contribution in [3.8, 4) is 5.82 Å². The Bertz CT molecular complexity index is 646. The normalized spacial score (nSPS) is 17.4. The number of aromatic nitrogens is 3. The molecule has 1 aliphatic carbocycles. The van der Waals surface area contributed by atoms with E-state index in [2.05, 4.69) is 15.3 Å². The molecule has 1 amide bonds. The third-order valence-electron chi connectivity index (χ3n) is 4.35. The zero-order valence-electron chi connectivity index (χ0n) is 13.1. The number of carbonyl (C=O) groups is 1. The Morgan fingerprint density at radius 1 is 1.26 bits per heavy atom. The van der Waals surface area contributed by atoms with Gasteiger partial charge in [0.05, 0.1) is 5.60 Å². The highest BCUT2D eigenvalue weighted by atomic mass is 16.3. The smallest absolute Gasteiger partial charge is 0.270 e. The van der Waals surface area contributed by atoms with E-state index < -0.39 is 5.60 Å². The van der Waals surface area contributed by atoms with Crippen LogP contribution >= 0.6 is 0 Å². The molecule has 2 aromatic rings. The van der Waals surface area contributed by atoms with Crippen molar-refractivity contribution in [2.75, 3.05) is 6.54 Å². The zero-order chi connectivity index (χ0) is 16.1. The Labute approximate surface area is 135 Å². The number of aliphatic hydroxyl groups is 1. The highest BCUT2D eigenvalue weighted by molar-refractivity contribution is 5.92. The van der Waals surface area contributed by atoms with Gasteiger partial charge < -0.3 is 10.4 Å². The lowest BCUT2D eigenvalue weighted by molar-refractivity contribution is 0.0246. The summed E-state index contributed by atoms with van der Waals surface area (Å²) >= 11 is 0. The van der Waals surface area contributed by atoms with Gasteiger partial charge in [0.15, 0.2) is 0 Å². The van der Waals surface area contributed by atoms with Crippen molar-refractivity contribution in [3.05, 3.63) is 42.6 Å². The molecular formula is C17H22N4O2. The van der Waals surface area contributed by atoms with Crippen LogP contribution in [0, 0.1) is 0 Å². The van der Waals surface area contributed by atoms with E-state index in [-0.39, 0.29) is 12.5 Å². The van der Waals surface area contributed by atoms with Crippen LogP contribution in [0.25, 0.3) is 5.82 Å². The lowest BCUT2D eigenvalue weighted by Gasteiger charge is -2.26. The van der Waals surface area contributed by atoms with Gasteiger partial charge in [-0.2, -0.15) is 0 Å². The summed E-state index contributed by atoms with van der Waals surface area (Å²) < 4.78 is 1.75. The number of hydrogen-bond donors (Lipinski definition) is 2. The van der Waals surface area contributed by atoms with Crippen LogP contribution in [0.4, 0.5) is 0 Å². The van der Waals surface area contributed by atoms with Gasteiger partial charge in [-0.25, -0.2) is 9.97 Å². The van der Waals surface area contributed by atoms with Crippen LogP contribution < -0.4 is 5.32 Å². The van der Waals surface area contributed by atoms with Gasteiger partial charge in [-0.1, -0.05) is 31.7 Å². The number of carbonyl (C=O) groups excluding carboxylic acids is 1. The molecule has 0 unspecified atom stereocenters. The monoisotopic (exact) mass is 314 g/mol. The molecule has 2 heterocycles. The van der Waals surface area contributed by atoms with Crippen LogP contribution in [-0.2, 0) is 0 Å². The molecule has 2 N–H and O–H groups in total. The fraction of sp³-hybridized carbons (Fsp3) is 0.471. The van der Waals surface area contributed by atoms with Crippen LogP contribution in [0.3, 0.4) is 0 Å². The minimum Gasteiger partial charge on any atom is -0.388 e. The molecule has 6 nitrogen and oxygen atoms in total. The van der Waals surface area contributed by atoms with Crippen LogP contribution in [0.15, 0.2) is 36.9 Å². The molecular weight excluding hydrogens is 292 g/mol. The van der Waals surface area contributed by atoms with E-state index in [0.29, 0.717) is 11.5 Å². The predicted molar refractivity (Wildman–Crippen MR) is 86.3 cm³/mol. The molecule has 0 atom stereocenters. The highest BCUT2D eigenvalue weighted by Crippen LogP contribution is 2.26. The lowest BCUT2D eigenvalue weighted by Crippen LogP contribution is -2.42. The van der Waals surface area contributed by atoms with E-state index in [9.17, 15) is 9.90 Å². The molecule has 6 heteroatoms. The highest BCUT2D eigenvalue weighted by Gasteiger charge is 2.28. The molecule has 0 spiro atoms. The first-order valence-corrected chi connectivity index (χ1v) is 8.12. The first-order chi connectivity index (χ1) is 11.2. The average molecular weight is 314 g/mol. The van der Waals surface area contributed by atoms with E-state index in [1.54, 1.807) is 35.4 Å². The molecule has 0 saturated heterocycles. The van der Waals surface area contributed by atoms with Crippen LogP contribution in [0.1, 0.15) is 49.0 Å². The number of pyridine rings is 1. The third kappa shape index (κ3) is 3.96. The largest absolute Gasteiger partial charge is 0.388 e. The maximum Gasteiger partial charge on any atom is 0.270 e. The van der Waals surface area contributed by atoms with Gasteiger partial charge in [0.25, 0.3) is 5.91 Å². The van der Waals surface area contributed by atoms with Crippen molar-refractivity contribution in [2.24, 2.45) is 0 Å². The summed E-state index contributed by atoms with van der Waals surface area (Å²) in [5, 5.41) is 13.4. The SMILES string of the molecule is O=C(NCC1(O)CCCCCC1)c1cccc(-n2ccnc2)n1. The number of nitrogens with one attached hydrogen (secondary N) is 1. The Kier molecular flexibility index (Phi) is 4.71.